The van der Waals surface area contributed by atoms with Gasteiger partial charge in [0.25, 0.3) is 0 Å². The van der Waals surface area contributed by atoms with Crippen molar-refractivity contribution < 1.29 is 0 Å². The minimum absolute atomic E-state index is 0.731. The van der Waals surface area contributed by atoms with Gasteiger partial charge in [-0.1, -0.05) is 37.3 Å². The Bertz CT molecular complexity index is 690. The van der Waals surface area contributed by atoms with E-state index in [-0.39, 0.29) is 0 Å². The van der Waals surface area contributed by atoms with Gasteiger partial charge >= 0.3 is 0 Å². The average molecular weight is 300 g/mol. The van der Waals surface area contributed by atoms with Crippen LogP contribution in [0.5, 0.6) is 0 Å². The Morgan fingerprint density at radius 1 is 1.19 bits per heavy atom. The number of hydrogen-bond acceptors (Lipinski definition) is 6. The molecule has 2 heterocycles. The maximum absolute atomic E-state index is 4.49. The number of benzene rings is 1. The Morgan fingerprint density at radius 3 is 2.81 bits per heavy atom. The first-order chi connectivity index (χ1) is 10.3. The molecule has 0 fully saturated rings. The Kier molecular flexibility index (Phi) is 4.20. The van der Waals surface area contributed by atoms with Gasteiger partial charge in [0, 0.05) is 36.5 Å². The topological polar surface area (TPSA) is 79.4 Å². The molecular weight excluding hydrogens is 284 g/mol. The fourth-order valence-electron chi connectivity index (χ4n) is 1.88. The van der Waals surface area contributed by atoms with E-state index in [4.69, 9.17) is 0 Å². The Hall–Kier alpha value is -2.28. The van der Waals surface area contributed by atoms with Gasteiger partial charge in [-0.3, -0.25) is 5.10 Å². The lowest BCUT2D eigenvalue weighted by Crippen LogP contribution is -2.05. The van der Waals surface area contributed by atoms with Crippen molar-refractivity contribution in [2.75, 3.05) is 11.9 Å². The molecule has 7 heteroatoms. The Balaban J connectivity index is 1.55. The van der Waals surface area contributed by atoms with E-state index in [1.165, 1.54) is 11.5 Å². The van der Waals surface area contributed by atoms with E-state index in [1.54, 1.807) is 0 Å². The minimum Gasteiger partial charge on any atom is -0.360 e. The molecule has 0 unspecified atom stereocenters. The molecule has 0 aliphatic carbocycles. The highest BCUT2D eigenvalue weighted by Crippen LogP contribution is 2.14. The third kappa shape index (κ3) is 3.43. The molecule has 0 radical (unpaired) electrons. The van der Waals surface area contributed by atoms with Crippen molar-refractivity contribution in [2.45, 2.75) is 19.8 Å². The second kappa shape index (κ2) is 6.45. The molecule has 3 rings (SSSR count). The highest BCUT2D eigenvalue weighted by atomic mass is 32.1. The van der Waals surface area contributed by atoms with Crippen molar-refractivity contribution in [3.8, 4) is 11.4 Å². The highest BCUT2D eigenvalue weighted by molar-refractivity contribution is 7.09. The number of H-pyrrole nitrogens is 1. The van der Waals surface area contributed by atoms with Crippen molar-refractivity contribution >= 4 is 16.7 Å². The van der Waals surface area contributed by atoms with Gasteiger partial charge in [-0.25, -0.2) is 9.97 Å². The molecule has 0 atom stereocenters. The van der Waals surface area contributed by atoms with Crippen molar-refractivity contribution in [3.63, 3.8) is 0 Å². The van der Waals surface area contributed by atoms with Crippen LogP contribution >= 0.6 is 11.5 Å². The van der Waals surface area contributed by atoms with Crippen LogP contribution in [-0.4, -0.2) is 31.1 Å². The quantitative estimate of drug-likeness (QED) is 0.731. The lowest BCUT2D eigenvalue weighted by molar-refractivity contribution is 0.897. The summed E-state index contributed by atoms with van der Waals surface area (Å²) in [6.07, 6.45) is 1.63. The number of aryl methyl sites for hydroxylation is 1. The normalized spacial score (nSPS) is 10.7. The second-order valence-electron chi connectivity index (χ2n) is 4.52. The van der Waals surface area contributed by atoms with Gasteiger partial charge in [0.1, 0.15) is 11.6 Å². The zero-order valence-corrected chi connectivity index (χ0v) is 12.5. The Morgan fingerprint density at radius 2 is 2.05 bits per heavy atom. The number of hydrogen-bond donors (Lipinski definition) is 2. The van der Waals surface area contributed by atoms with Gasteiger partial charge in [0.15, 0.2) is 5.82 Å². The first kappa shape index (κ1) is 13.7. The van der Waals surface area contributed by atoms with Gasteiger partial charge < -0.3 is 5.32 Å². The monoisotopic (exact) mass is 300 g/mol. The maximum atomic E-state index is 4.49. The van der Waals surface area contributed by atoms with Crippen LogP contribution in [0.1, 0.15) is 18.6 Å². The summed E-state index contributed by atoms with van der Waals surface area (Å²) in [6, 6.07) is 9.94. The standard InChI is InChI=1S/C14H16N6S/c1-2-11-17-14(21-20-11)15-9-8-12-16-13(19-18-12)10-6-4-3-5-7-10/h3-7H,2,8-9H2,1H3,(H,15,17,20)(H,16,18,19). The van der Waals surface area contributed by atoms with E-state index in [1.807, 2.05) is 37.3 Å². The number of rotatable bonds is 6. The lowest BCUT2D eigenvalue weighted by Gasteiger charge is -1.98. The third-order valence-electron chi connectivity index (χ3n) is 2.99. The van der Waals surface area contributed by atoms with Gasteiger partial charge in [0.05, 0.1) is 0 Å². The number of nitrogens with one attached hydrogen (secondary N) is 2. The highest BCUT2D eigenvalue weighted by Gasteiger charge is 2.06. The summed E-state index contributed by atoms with van der Waals surface area (Å²) in [7, 11) is 0. The fourth-order valence-corrected chi connectivity index (χ4v) is 2.56. The van der Waals surface area contributed by atoms with Crippen LogP contribution in [-0.2, 0) is 12.8 Å². The molecule has 0 amide bonds. The first-order valence-electron chi connectivity index (χ1n) is 6.88. The van der Waals surface area contributed by atoms with Crippen LogP contribution in [0.15, 0.2) is 30.3 Å². The van der Waals surface area contributed by atoms with Crippen LogP contribution in [0.4, 0.5) is 5.13 Å². The van der Waals surface area contributed by atoms with E-state index in [9.17, 15) is 0 Å². The maximum Gasteiger partial charge on any atom is 0.202 e. The second-order valence-corrected chi connectivity index (χ2v) is 5.27. The van der Waals surface area contributed by atoms with Gasteiger partial charge in [-0.15, -0.1) is 0 Å². The SMILES string of the molecule is CCc1nsc(NCCc2nc(-c3ccccc3)n[nH]2)n1. The molecule has 0 bridgehead atoms. The molecular formula is C14H16N6S. The lowest BCUT2D eigenvalue weighted by atomic mass is 10.2. The number of aromatic nitrogens is 5. The van der Waals surface area contributed by atoms with E-state index in [2.05, 4.69) is 29.9 Å². The molecule has 3 aromatic rings. The van der Waals surface area contributed by atoms with Crippen molar-refractivity contribution in [3.05, 3.63) is 42.0 Å². The van der Waals surface area contributed by atoms with Crippen molar-refractivity contribution in [1.82, 2.24) is 24.5 Å². The van der Waals surface area contributed by atoms with Gasteiger partial charge in [0.2, 0.25) is 5.13 Å². The number of aromatic amines is 1. The van der Waals surface area contributed by atoms with Crippen molar-refractivity contribution in [2.24, 2.45) is 0 Å². The molecule has 0 spiro atoms. The van der Waals surface area contributed by atoms with E-state index in [0.717, 1.165) is 47.6 Å². The van der Waals surface area contributed by atoms with Crippen molar-refractivity contribution in [1.29, 1.82) is 0 Å². The minimum atomic E-state index is 0.731. The smallest absolute Gasteiger partial charge is 0.202 e. The predicted octanol–water partition coefficient (Wildman–Crippen LogP) is 2.54. The van der Waals surface area contributed by atoms with Crippen LogP contribution in [0, 0.1) is 0 Å². The molecule has 0 aliphatic heterocycles. The van der Waals surface area contributed by atoms with E-state index >= 15 is 0 Å². The summed E-state index contributed by atoms with van der Waals surface area (Å²) in [5.41, 5.74) is 1.02. The summed E-state index contributed by atoms with van der Waals surface area (Å²) in [5.74, 6) is 2.48. The zero-order valence-electron chi connectivity index (χ0n) is 11.7. The van der Waals surface area contributed by atoms with Gasteiger partial charge in [-0.05, 0) is 0 Å². The third-order valence-corrected chi connectivity index (χ3v) is 3.70. The molecule has 0 saturated heterocycles. The summed E-state index contributed by atoms with van der Waals surface area (Å²) in [5, 5.41) is 11.3. The molecule has 1 aromatic carbocycles. The largest absolute Gasteiger partial charge is 0.360 e. The number of nitrogens with zero attached hydrogens (tertiary/aromatic N) is 4. The predicted molar refractivity (Wildman–Crippen MR) is 83.3 cm³/mol. The molecule has 6 nitrogen and oxygen atoms in total. The fraction of sp³-hybridized carbons (Fsp3) is 0.286. The zero-order chi connectivity index (χ0) is 14.5. The Labute approximate surface area is 126 Å². The molecule has 0 saturated carbocycles. The van der Waals surface area contributed by atoms with E-state index < -0.39 is 0 Å². The summed E-state index contributed by atoms with van der Waals surface area (Å²) in [4.78, 5) is 8.86. The van der Waals surface area contributed by atoms with Crippen LogP contribution in [0.2, 0.25) is 0 Å². The van der Waals surface area contributed by atoms with Gasteiger partial charge in [-0.2, -0.15) is 9.47 Å². The summed E-state index contributed by atoms with van der Waals surface area (Å²) >= 11 is 1.39. The molecule has 108 valence electrons. The molecule has 2 aromatic heterocycles. The van der Waals surface area contributed by atoms with E-state index in [0.29, 0.717) is 0 Å². The molecule has 21 heavy (non-hydrogen) atoms. The summed E-state index contributed by atoms with van der Waals surface area (Å²) in [6.45, 7) is 2.80. The summed E-state index contributed by atoms with van der Waals surface area (Å²) < 4.78 is 4.24. The van der Waals surface area contributed by atoms with Crippen LogP contribution in [0.25, 0.3) is 11.4 Å². The average Bonchev–Trinajstić information content (AvgIpc) is 3.17. The van der Waals surface area contributed by atoms with Crippen LogP contribution in [0.3, 0.4) is 0 Å². The first-order valence-corrected chi connectivity index (χ1v) is 7.65. The number of anilines is 1. The molecule has 2 N–H and O–H groups in total. The van der Waals surface area contributed by atoms with Crippen LogP contribution < -0.4 is 5.32 Å². The molecule has 0 aliphatic rings.